The number of benzene rings is 4. The number of hydrogen-bond donors (Lipinski definition) is 0. The average Bonchev–Trinajstić information content (AvgIpc) is 2.78. The van der Waals surface area contributed by atoms with Gasteiger partial charge in [0.15, 0.2) is 0 Å². The van der Waals surface area contributed by atoms with Crippen LogP contribution in [-0.2, 0) is 0 Å². The first-order valence-corrected chi connectivity index (χ1v) is 10.1. The van der Waals surface area contributed by atoms with Crippen molar-refractivity contribution in [3.63, 3.8) is 0 Å². The lowest BCUT2D eigenvalue weighted by Crippen LogP contribution is -1.96. The van der Waals surface area contributed by atoms with Crippen LogP contribution in [0.5, 0.6) is 5.75 Å². The quantitative estimate of drug-likeness (QED) is 0.250. The Morgan fingerprint density at radius 1 is 0.636 bits per heavy atom. The standard InChI is InChI=1S/C28H16F4O/c1-2-33-24-16-27(31)25(28(32)17-24)12-6-19-4-8-20(26(30)14-19)7-3-18-5-9-22-15-23(29)11-10-21(22)13-18/h4-5,8-11,13-17H,2H2,1H3. The molecule has 0 saturated heterocycles. The largest absolute Gasteiger partial charge is 0.494 e. The maximum atomic E-state index is 14.5. The number of ether oxygens (including phenoxy) is 1. The van der Waals surface area contributed by atoms with E-state index in [1.54, 1.807) is 31.2 Å². The molecule has 4 aromatic carbocycles. The monoisotopic (exact) mass is 444 g/mol. The minimum atomic E-state index is -0.855. The third-order valence-corrected chi connectivity index (χ3v) is 4.77. The molecular weight excluding hydrogens is 428 g/mol. The Kier molecular flexibility index (Phi) is 6.33. The zero-order valence-corrected chi connectivity index (χ0v) is 17.5. The molecule has 0 bridgehead atoms. The molecule has 0 aliphatic carbocycles. The maximum Gasteiger partial charge on any atom is 0.145 e. The first-order valence-electron chi connectivity index (χ1n) is 10.1. The molecule has 4 aromatic rings. The lowest BCUT2D eigenvalue weighted by atomic mass is 10.1. The van der Waals surface area contributed by atoms with E-state index in [9.17, 15) is 17.6 Å². The summed E-state index contributed by atoms with van der Waals surface area (Å²) in [6.07, 6.45) is 0. The predicted molar refractivity (Wildman–Crippen MR) is 120 cm³/mol. The predicted octanol–water partition coefficient (Wildman–Crippen LogP) is 6.59. The van der Waals surface area contributed by atoms with Gasteiger partial charge in [0.25, 0.3) is 0 Å². The summed E-state index contributed by atoms with van der Waals surface area (Å²) in [5.41, 5.74) is 0.634. The van der Waals surface area contributed by atoms with E-state index >= 15 is 0 Å². The van der Waals surface area contributed by atoms with Crippen LogP contribution in [0.15, 0.2) is 66.7 Å². The molecule has 0 radical (unpaired) electrons. The van der Waals surface area contributed by atoms with Crippen LogP contribution in [0.4, 0.5) is 17.6 Å². The van der Waals surface area contributed by atoms with Crippen molar-refractivity contribution >= 4 is 10.8 Å². The zero-order chi connectivity index (χ0) is 23.4. The van der Waals surface area contributed by atoms with Gasteiger partial charge in [0, 0.05) is 23.3 Å². The SMILES string of the molecule is CCOc1cc(F)c(C#Cc2ccc(C#Cc3ccc4cc(F)ccc4c3)c(F)c2)c(F)c1. The summed E-state index contributed by atoms with van der Waals surface area (Å²) in [6, 6.07) is 16.0. The Labute approximate surface area is 188 Å². The molecule has 0 amide bonds. The molecule has 4 rings (SSSR count). The van der Waals surface area contributed by atoms with Gasteiger partial charge in [0.05, 0.1) is 17.7 Å². The Morgan fingerprint density at radius 2 is 1.27 bits per heavy atom. The van der Waals surface area contributed by atoms with Crippen molar-refractivity contribution < 1.29 is 22.3 Å². The number of hydrogen-bond acceptors (Lipinski definition) is 1. The molecule has 5 heteroatoms. The molecule has 0 aliphatic heterocycles. The van der Waals surface area contributed by atoms with Crippen molar-refractivity contribution in [3.05, 3.63) is 112 Å². The number of rotatable bonds is 2. The molecular formula is C28H16F4O. The molecule has 0 aliphatic rings. The van der Waals surface area contributed by atoms with Gasteiger partial charge in [-0.1, -0.05) is 35.8 Å². The Bertz CT molecular complexity index is 1460. The van der Waals surface area contributed by atoms with E-state index in [0.29, 0.717) is 5.56 Å². The summed E-state index contributed by atoms with van der Waals surface area (Å²) in [7, 11) is 0. The molecule has 0 unspecified atom stereocenters. The lowest BCUT2D eigenvalue weighted by molar-refractivity contribution is 0.335. The van der Waals surface area contributed by atoms with Crippen molar-refractivity contribution in [1.29, 1.82) is 0 Å². The highest BCUT2D eigenvalue weighted by atomic mass is 19.1. The molecule has 0 fully saturated rings. The van der Waals surface area contributed by atoms with E-state index in [1.165, 1.54) is 24.3 Å². The van der Waals surface area contributed by atoms with Crippen LogP contribution in [0.3, 0.4) is 0 Å². The molecule has 0 spiro atoms. The van der Waals surface area contributed by atoms with Crippen LogP contribution < -0.4 is 4.74 Å². The van der Waals surface area contributed by atoms with Crippen LogP contribution in [0.1, 0.15) is 29.2 Å². The highest BCUT2D eigenvalue weighted by Crippen LogP contribution is 2.21. The van der Waals surface area contributed by atoms with Gasteiger partial charge in [-0.15, -0.1) is 0 Å². The van der Waals surface area contributed by atoms with Crippen molar-refractivity contribution in [2.75, 3.05) is 6.61 Å². The summed E-state index contributed by atoms with van der Waals surface area (Å²) < 4.78 is 61.1. The maximum absolute atomic E-state index is 14.5. The average molecular weight is 444 g/mol. The number of halogens is 4. The highest BCUT2D eigenvalue weighted by Gasteiger charge is 2.10. The summed E-state index contributed by atoms with van der Waals surface area (Å²) in [4.78, 5) is 0. The minimum absolute atomic E-state index is 0.0746. The van der Waals surface area contributed by atoms with Crippen LogP contribution in [0.2, 0.25) is 0 Å². The second kappa shape index (κ2) is 9.51. The second-order valence-electron chi connectivity index (χ2n) is 7.10. The van der Waals surface area contributed by atoms with Gasteiger partial charge < -0.3 is 4.74 Å². The second-order valence-corrected chi connectivity index (χ2v) is 7.10. The third-order valence-electron chi connectivity index (χ3n) is 4.77. The fourth-order valence-electron chi connectivity index (χ4n) is 3.18. The first-order chi connectivity index (χ1) is 15.9. The minimum Gasteiger partial charge on any atom is -0.494 e. The molecule has 0 heterocycles. The van der Waals surface area contributed by atoms with E-state index in [0.717, 1.165) is 29.0 Å². The van der Waals surface area contributed by atoms with Gasteiger partial charge in [0.1, 0.15) is 29.0 Å². The van der Waals surface area contributed by atoms with Crippen molar-refractivity contribution in [2.45, 2.75) is 6.92 Å². The molecule has 0 atom stereocenters. The van der Waals surface area contributed by atoms with Gasteiger partial charge in [-0.05, 0) is 60.2 Å². The van der Waals surface area contributed by atoms with Crippen LogP contribution >= 0.6 is 0 Å². The van der Waals surface area contributed by atoms with Crippen molar-refractivity contribution in [2.24, 2.45) is 0 Å². The Morgan fingerprint density at radius 3 is 2.00 bits per heavy atom. The van der Waals surface area contributed by atoms with Crippen LogP contribution in [0, 0.1) is 47.0 Å². The van der Waals surface area contributed by atoms with Crippen molar-refractivity contribution in [3.8, 4) is 29.4 Å². The molecule has 1 nitrogen and oxygen atoms in total. The topological polar surface area (TPSA) is 9.23 Å². The fraction of sp³-hybridized carbons (Fsp3) is 0.0714. The first kappa shape index (κ1) is 22.0. The summed E-state index contributed by atoms with van der Waals surface area (Å²) >= 11 is 0. The van der Waals surface area contributed by atoms with Crippen LogP contribution in [0.25, 0.3) is 10.8 Å². The van der Waals surface area contributed by atoms with E-state index in [-0.39, 0.29) is 29.3 Å². The van der Waals surface area contributed by atoms with Gasteiger partial charge in [-0.25, -0.2) is 17.6 Å². The smallest absolute Gasteiger partial charge is 0.145 e. The van der Waals surface area contributed by atoms with Crippen molar-refractivity contribution in [1.82, 2.24) is 0 Å². The summed E-state index contributed by atoms with van der Waals surface area (Å²) in [6.45, 7) is 1.98. The zero-order valence-electron chi connectivity index (χ0n) is 17.5. The van der Waals surface area contributed by atoms with Crippen LogP contribution in [-0.4, -0.2) is 6.61 Å². The molecule has 33 heavy (non-hydrogen) atoms. The Hall–Kier alpha value is -4.22. The molecule has 0 N–H and O–H groups in total. The summed E-state index contributed by atoms with van der Waals surface area (Å²) in [5.74, 6) is 8.06. The van der Waals surface area contributed by atoms with E-state index in [1.807, 2.05) is 0 Å². The van der Waals surface area contributed by atoms with E-state index in [2.05, 4.69) is 23.7 Å². The van der Waals surface area contributed by atoms with E-state index in [4.69, 9.17) is 4.74 Å². The summed E-state index contributed by atoms with van der Waals surface area (Å²) in [5, 5.41) is 1.57. The molecule has 0 aromatic heterocycles. The third kappa shape index (κ3) is 5.17. The van der Waals surface area contributed by atoms with Gasteiger partial charge in [-0.2, -0.15) is 0 Å². The fourth-order valence-corrected chi connectivity index (χ4v) is 3.18. The molecule has 162 valence electrons. The Balaban J connectivity index is 1.57. The van der Waals surface area contributed by atoms with Gasteiger partial charge in [-0.3, -0.25) is 0 Å². The number of fused-ring (bicyclic) bond motifs is 1. The molecule has 0 saturated carbocycles. The van der Waals surface area contributed by atoms with Gasteiger partial charge >= 0.3 is 0 Å². The van der Waals surface area contributed by atoms with E-state index < -0.39 is 23.0 Å². The normalized spacial score (nSPS) is 10.2. The highest BCUT2D eigenvalue weighted by molar-refractivity contribution is 5.84. The lowest BCUT2D eigenvalue weighted by Gasteiger charge is -2.04. The van der Waals surface area contributed by atoms with Gasteiger partial charge in [0.2, 0.25) is 0 Å².